The van der Waals surface area contributed by atoms with Crippen molar-refractivity contribution < 1.29 is 9.50 Å². The first kappa shape index (κ1) is 14.0. The molecule has 4 heteroatoms. The predicted octanol–water partition coefficient (Wildman–Crippen LogP) is 3.37. The quantitative estimate of drug-likeness (QED) is 0.892. The fourth-order valence-electron chi connectivity index (χ4n) is 2.50. The Balaban J connectivity index is 1.86. The van der Waals surface area contributed by atoms with Gasteiger partial charge in [0.2, 0.25) is 0 Å². The van der Waals surface area contributed by atoms with E-state index in [1.54, 1.807) is 6.07 Å². The summed E-state index contributed by atoms with van der Waals surface area (Å²) in [5.41, 5.74) is 0.312. The van der Waals surface area contributed by atoms with E-state index in [0.29, 0.717) is 13.1 Å². The van der Waals surface area contributed by atoms with Gasteiger partial charge in [-0.25, -0.2) is 4.39 Å². The second kappa shape index (κ2) is 6.13. The summed E-state index contributed by atoms with van der Waals surface area (Å²) in [5, 5.41) is 13.6. The number of hydrogen-bond acceptors (Lipinski definition) is 2. The van der Waals surface area contributed by atoms with Gasteiger partial charge in [0.1, 0.15) is 5.82 Å². The van der Waals surface area contributed by atoms with Gasteiger partial charge in [0.05, 0.1) is 5.60 Å². The smallest absolute Gasteiger partial charge is 0.123 e. The fraction of sp³-hybridized carbons (Fsp3) is 0.571. The molecule has 0 atom stereocenters. The molecule has 1 aliphatic carbocycles. The molecule has 2 N–H and O–H groups in total. The molecule has 1 fully saturated rings. The van der Waals surface area contributed by atoms with Crippen molar-refractivity contribution in [2.24, 2.45) is 0 Å². The van der Waals surface area contributed by atoms with Crippen LogP contribution in [0.1, 0.15) is 37.7 Å². The Hall–Kier alpha value is -0.450. The SMILES string of the molecule is OC1(CNCc2cc(F)ccc2Br)CCCCC1. The fourth-order valence-corrected chi connectivity index (χ4v) is 2.88. The van der Waals surface area contributed by atoms with Gasteiger partial charge in [-0.2, -0.15) is 0 Å². The van der Waals surface area contributed by atoms with Crippen LogP contribution < -0.4 is 5.32 Å². The third-order valence-electron chi connectivity index (χ3n) is 3.56. The van der Waals surface area contributed by atoms with Crippen molar-refractivity contribution >= 4 is 15.9 Å². The number of benzene rings is 1. The third-order valence-corrected chi connectivity index (χ3v) is 4.34. The summed E-state index contributed by atoms with van der Waals surface area (Å²) in [7, 11) is 0. The summed E-state index contributed by atoms with van der Waals surface area (Å²) >= 11 is 3.40. The summed E-state index contributed by atoms with van der Waals surface area (Å²) < 4.78 is 14.0. The van der Waals surface area contributed by atoms with Crippen LogP contribution in [0.5, 0.6) is 0 Å². The highest BCUT2D eigenvalue weighted by Gasteiger charge is 2.28. The van der Waals surface area contributed by atoms with Crippen molar-refractivity contribution in [1.82, 2.24) is 5.32 Å². The van der Waals surface area contributed by atoms with E-state index in [2.05, 4.69) is 21.2 Å². The Morgan fingerprint density at radius 2 is 2.00 bits per heavy atom. The van der Waals surface area contributed by atoms with Crippen LogP contribution in [0.3, 0.4) is 0 Å². The minimum atomic E-state index is -0.571. The number of hydrogen-bond donors (Lipinski definition) is 2. The molecular formula is C14H19BrFNO. The van der Waals surface area contributed by atoms with Gasteiger partial charge in [-0.3, -0.25) is 0 Å². The first-order chi connectivity index (χ1) is 8.59. The lowest BCUT2D eigenvalue weighted by Crippen LogP contribution is -2.41. The summed E-state index contributed by atoms with van der Waals surface area (Å²) in [6, 6.07) is 4.66. The second-order valence-corrected chi connectivity index (χ2v) is 5.98. The Labute approximate surface area is 116 Å². The van der Waals surface area contributed by atoms with Crippen molar-refractivity contribution in [3.63, 3.8) is 0 Å². The van der Waals surface area contributed by atoms with Crippen LogP contribution in [0.25, 0.3) is 0 Å². The van der Waals surface area contributed by atoms with Crippen LogP contribution in [0.15, 0.2) is 22.7 Å². The van der Waals surface area contributed by atoms with Crippen molar-refractivity contribution in [2.75, 3.05) is 6.54 Å². The lowest BCUT2D eigenvalue weighted by molar-refractivity contribution is 0.00466. The maximum absolute atomic E-state index is 13.1. The average Bonchev–Trinajstić information content (AvgIpc) is 2.34. The Kier molecular flexibility index (Phi) is 4.76. The normalized spacial score (nSPS) is 18.8. The Bertz CT molecular complexity index is 405. The van der Waals surface area contributed by atoms with Gasteiger partial charge in [-0.1, -0.05) is 35.2 Å². The summed E-state index contributed by atoms with van der Waals surface area (Å²) in [6.07, 6.45) is 5.15. The van der Waals surface area contributed by atoms with Gasteiger partial charge in [0.25, 0.3) is 0 Å². The standard InChI is InChI=1S/C14H19BrFNO/c15-13-5-4-12(16)8-11(13)9-17-10-14(18)6-2-1-3-7-14/h4-5,8,17-18H,1-3,6-7,9-10H2. The van der Waals surface area contributed by atoms with E-state index in [1.807, 2.05) is 0 Å². The molecule has 0 bridgehead atoms. The minimum Gasteiger partial charge on any atom is -0.389 e. The molecule has 0 spiro atoms. The molecule has 0 saturated heterocycles. The molecule has 2 nitrogen and oxygen atoms in total. The molecule has 1 saturated carbocycles. The zero-order valence-corrected chi connectivity index (χ0v) is 12.0. The first-order valence-electron chi connectivity index (χ1n) is 6.46. The molecule has 0 radical (unpaired) electrons. The Morgan fingerprint density at radius 3 is 2.72 bits per heavy atom. The first-order valence-corrected chi connectivity index (χ1v) is 7.25. The predicted molar refractivity (Wildman–Crippen MR) is 73.8 cm³/mol. The van der Waals surface area contributed by atoms with Gasteiger partial charge < -0.3 is 10.4 Å². The van der Waals surface area contributed by atoms with E-state index in [4.69, 9.17) is 0 Å². The minimum absolute atomic E-state index is 0.230. The van der Waals surface area contributed by atoms with Crippen LogP contribution >= 0.6 is 15.9 Å². The molecule has 0 aliphatic heterocycles. The van der Waals surface area contributed by atoms with Gasteiger partial charge in [-0.15, -0.1) is 0 Å². The monoisotopic (exact) mass is 315 g/mol. The zero-order valence-electron chi connectivity index (χ0n) is 10.4. The average molecular weight is 316 g/mol. The van der Waals surface area contributed by atoms with Crippen molar-refractivity contribution in [3.05, 3.63) is 34.1 Å². The van der Waals surface area contributed by atoms with Gasteiger partial charge in [0, 0.05) is 17.6 Å². The summed E-state index contributed by atoms with van der Waals surface area (Å²) in [6.45, 7) is 1.15. The molecule has 0 unspecified atom stereocenters. The van der Waals surface area contributed by atoms with Crippen LogP contribution in [0, 0.1) is 5.82 Å². The number of rotatable bonds is 4. The second-order valence-electron chi connectivity index (χ2n) is 5.12. The van der Waals surface area contributed by atoms with Crippen molar-refractivity contribution in [1.29, 1.82) is 0 Å². The van der Waals surface area contributed by atoms with Crippen molar-refractivity contribution in [3.8, 4) is 0 Å². The molecule has 1 aromatic rings. The highest BCUT2D eigenvalue weighted by molar-refractivity contribution is 9.10. The number of halogens is 2. The number of aliphatic hydroxyl groups is 1. The molecular weight excluding hydrogens is 297 g/mol. The van der Waals surface area contributed by atoms with Crippen LogP contribution in [-0.2, 0) is 6.54 Å². The molecule has 18 heavy (non-hydrogen) atoms. The van der Waals surface area contributed by atoms with Gasteiger partial charge in [-0.05, 0) is 36.6 Å². The third kappa shape index (κ3) is 3.77. The van der Waals surface area contributed by atoms with Crippen molar-refractivity contribution in [2.45, 2.75) is 44.2 Å². The molecule has 0 aromatic heterocycles. The van der Waals surface area contributed by atoms with Crippen LogP contribution in [-0.4, -0.2) is 17.3 Å². The van der Waals surface area contributed by atoms with E-state index in [-0.39, 0.29) is 5.82 Å². The highest BCUT2D eigenvalue weighted by Crippen LogP contribution is 2.27. The molecule has 1 aromatic carbocycles. The molecule has 100 valence electrons. The highest BCUT2D eigenvalue weighted by atomic mass is 79.9. The number of nitrogens with one attached hydrogen (secondary N) is 1. The summed E-state index contributed by atoms with van der Waals surface area (Å²) in [5.74, 6) is -0.230. The van der Waals surface area contributed by atoms with E-state index in [0.717, 1.165) is 35.7 Å². The lowest BCUT2D eigenvalue weighted by atomic mass is 9.85. The zero-order chi connectivity index (χ0) is 13.0. The van der Waals surface area contributed by atoms with E-state index in [1.165, 1.54) is 18.6 Å². The van der Waals surface area contributed by atoms with E-state index >= 15 is 0 Å². The van der Waals surface area contributed by atoms with E-state index < -0.39 is 5.60 Å². The van der Waals surface area contributed by atoms with E-state index in [9.17, 15) is 9.50 Å². The molecule has 0 amide bonds. The molecule has 2 rings (SSSR count). The van der Waals surface area contributed by atoms with Gasteiger partial charge >= 0.3 is 0 Å². The lowest BCUT2D eigenvalue weighted by Gasteiger charge is -2.32. The topological polar surface area (TPSA) is 32.3 Å². The maximum Gasteiger partial charge on any atom is 0.123 e. The molecule has 1 aliphatic rings. The van der Waals surface area contributed by atoms with Gasteiger partial charge in [0.15, 0.2) is 0 Å². The molecule has 0 heterocycles. The summed E-state index contributed by atoms with van der Waals surface area (Å²) in [4.78, 5) is 0. The van der Waals surface area contributed by atoms with Crippen LogP contribution in [0.2, 0.25) is 0 Å². The van der Waals surface area contributed by atoms with Crippen LogP contribution in [0.4, 0.5) is 4.39 Å². The maximum atomic E-state index is 13.1. The largest absolute Gasteiger partial charge is 0.389 e. The Morgan fingerprint density at radius 1 is 1.28 bits per heavy atom.